The second kappa shape index (κ2) is 8.03. The summed E-state index contributed by atoms with van der Waals surface area (Å²) in [5.41, 5.74) is 1.10. The maximum atomic E-state index is 13.1. The highest BCUT2D eigenvalue weighted by Gasteiger charge is 2.26. The Bertz CT molecular complexity index is 1180. The molecule has 4 heterocycles. The van der Waals surface area contributed by atoms with E-state index in [1.54, 1.807) is 34.5 Å². The van der Waals surface area contributed by atoms with E-state index in [0.717, 1.165) is 32.3 Å². The van der Waals surface area contributed by atoms with Crippen LogP contribution in [0, 0.1) is 0 Å². The number of aromatic nitrogens is 4. The van der Waals surface area contributed by atoms with Crippen molar-refractivity contribution in [3.8, 4) is 0 Å². The first kappa shape index (κ1) is 19.6. The summed E-state index contributed by atoms with van der Waals surface area (Å²) in [5, 5.41) is 13.5. The minimum absolute atomic E-state index is 0.0267. The van der Waals surface area contributed by atoms with Crippen molar-refractivity contribution in [1.29, 1.82) is 0 Å². The number of carbonyl (C=O) groups is 1. The number of anilines is 3. The Morgan fingerprint density at radius 3 is 2.90 bits per heavy atom. The standard InChI is InChI=1S/C21H25N7O3/c1-22-18-10-17(26-19-15(11-23-28(18)19)20(29)24-13-6-7-13)25-16-5-2-8-27(21(16)30)14-4-3-9-31-12-14/h2,5,8,10-11,13-14,22H,3-4,6-7,9,12H2,1H3,(H,24,29)(H,25,26)/t14-/m1/s1. The largest absolute Gasteiger partial charge is 0.379 e. The predicted octanol–water partition coefficient (Wildman–Crippen LogP) is 1.92. The van der Waals surface area contributed by atoms with Gasteiger partial charge in [-0.3, -0.25) is 9.59 Å². The van der Waals surface area contributed by atoms with E-state index in [2.05, 4.69) is 26.0 Å². The molecule has 1 saturated carbocycles. The minimum Gasteiger partial charge on any atom is -0.379 e. The van der Waals surface area contributed by atoms with Crippen molar-refractivity contribution < 1.29 is 9.53 Å². The number of hydrogen-bond acceptors (Lipinski definition) is 7. The lowest BCUT2D eigenvalue weighted by atomic mass is 10.1. The fourth-order valence-corrected chi connectivity index (χ4v) is 3.83. The number of pyridine rings is 1. The van der Waals surface area contributed by atoms with Gasteiger partial charge < -0.3 is 25.3 Å². The van der Waals surface area contributed by atoms with E-state index in [4.69, 9.17) is 4.74 Å². The van der Waals surface area contributed by atoms with Gasteiger partial charge in [-0.2, -0.15) is 9.61 Å². The van der Waals surface area contributed by atoms with Gasteiger partial charge in [-0.25, -0.2) is 4.98 Å². The second-order valence-corrected chi connectivity index (χ2v) is 7.95. The zero-order valence-electron chi connectivity index (χ0n) is 17.3. The van der Waals surface area contributed by atoms with Crippen molar-refractivity contribution in [3.63, 3.8) is 0 Å². The monoisotopic (exact) mass is 423 g/mol. The Morgan fingerprint density at radius 2 is 2.16 bits per heavy atom. The third-order valence-electron chi connectivity index (χ3n) is 5.65. The quantitative estimate of drug-likeness (QED) is 0.555. The molecule has 0 unspecified atom stereocenters. The summed E-state index contributed by atoms with van der Waals surface area (Å²) in [6.07, 6.45) is 7.15. The molecule has 3 aromatic rings. The van der Waals surface area contributed by atoms with Crippen molar-refractivity contribution in [1.82, 2.24) is 24.5 Å². The molecule has 2 aliphatic rings. The van der Waals surface area contributed by atoms with E-state index in [1.807, 2.05) is 6.07 Å². The minimum atomic E-state index is -0.191. The Hall–Kier alpha value is -3.40. The van der Waals surface area contributed by atoms with Gasteiger partial charge in [0.2, 0.25) is 0 Å². The van der Waals surface area contributed by atoms with Gasteiger partial charge in [0.1, 0.15) is 22.9 Å². The molecule has 1 amide bonds. The molecule has 0 bridgehead atoms. The van der Waals surface area contributed by atoms with E-state index in [-0.39, 0.29) is 23.6 Å². The fraction of sp³-hybridized carbons (Fsp3) is 0.429. The normalized spacial score (nSPS) is 18.7. The van der Waals surface area contributed by atoms with E-state index >= 15 is 0 Å². The highest BCUT2D eigenvalue weighted by Crippen LogP contribution is 2.24. The maximum absolute atomic E-state index is 13.1. The van der Waals surface area contributed by atoms with Crippen LogP contribution in [0.5, 0.6) is 0 Å². The fourth-order valence-electron chi connectivity index (χ4n) is 3.83. The first-order valence-corrected chi connectivity index (χ1v) is 10.6. The molecule has 3 aromatic heterocycles. The van der Waals surface area contributed by atoms with Crippen molar-refractivity contribution >= 4 is 28.9 Å². The van der Waals surface area contributed by atoms with Crippen LogP contribution in [0.3, 0.4) is 0 Å². The van der Waals surface area contributed by atoms with Gasteiger partial charge in [-0.05, 0) is 37.8 Å². The summed E-state index contributed by atoms with van der Waals surface area (Å²) in [5.74, 6) is 0.908. The molecule has 5 rings (SSSR count). The van der Waals surface area contributed by atoms with Gasteiger partial charge in [0.05, 0.1) is 18.8 Å². The summed E-state index contributed by atoms with van der Waals surface area (Å²) >= 11 is 0. The molecule has 1 aliphatic carbocycles. The number of rotatable bonds is 6. The molecule has 0 radical (unpaired) electrons. The van der Waals surface area contributed by atoms with Crippen LogP contribution >= 0.6 is 0 Å². The Morgan fingerprint density at radius 1 is 1.29 bits per heavy atom. The lowest BCUT2D eigenvalue weighted by Gasteiger charge is -2.24. The number of hydrogen-bond donors (Lipinski definition) is 3. The smallest absolute Gasteiger partial charge is 0.274 e. The van der Waals surface area contributed by atoms with Crippen molar-refractivity contribution in [2.45, 2.75) is 37.8 Å². The molecule has 162 valence electrons. The Kier molecular flexibility index (Phi) is 5.06. The number of carbonyl (C=O) groups excluding carboxylic acids is 1. The van der Waals surface area contributed by atoms with Gasteiger partial charge in [0.15, 0.2) is 5.65 Å². The maximum Gasteiger partial charge on any atom is 0.274 e. The average molecular weight is 423 g/mol. The van der Waals surface area contributed by atoms with Crippen molar-refractivity contribution in [2.75, 3.05) is 30.9 Å². The summed E-state index contributed by atoms with van der Waals surface area (Å²) < 4.78 is 8.83. The molecular weight excluding hydrogens is 398 g/mol. The van der Waals surface area contributed by atoms with Gasteiger partial charge in [-0.1, -0.05) is 0 Å². The predicted molar refractivity (Wildman–Crippen MR) is 116 cm³/mol. The van der Waals surface area contributed by atoms with Crippen LogP contribution in [-0.4, -0.2) is 51.4 Å². The molecular formula is C21H25N7O3. The van der Waals surface area contributed by atoms with E-state index in [9.17, 15) is 9.59 Å². The summed E-state index contributed by atoms with van der Waals surface area (Å²) in [7, 11) is 1.77. The van der Waals surface area contributed by atoms with Crippen molar-refractivity contribution in [2.24, 2.45) is 0 Å². The lowest BCUT2D eigenvalue weighted by molar-refractivity contribution is 0.0581. The third kappa shape index (κ3) is 3.86. The van der Waals surface area contributed by atoms with Crippen molar-refractivity contribution in [3.05, 3.63) is 46.5 Å². The van der Waals surface area contributed by atoms with Crippen LogP contribution in [-0.2, 0) is 4.74 Å². The zero-order chi connectivity index (χ0) is 21.4. The molecule has 1 atom stereocenters. The van der Waals surface area contributed by atoms with Crippen LogP contribution in [0.1, 0.15) is 42.1 Å². The number of amides is 1. The van der Waals surface area contributed by atoms with Gasteiger partial charge in [0.25, 0.3) is 11.5 Å². The zero-order valence-corrected chi connectivity index (χ0v) is 17.3. The molecule has 0 aromatic carbocycles. The van der Waals surface area contributed by atoms with Gasteiger partial charge in [0, 0.05) is 32.0 Å². The number of nitrogens with zero attached hydrogens (tertiary/aromatic N) is 4. The first-order chi connectivity index (χ1) is 15.1. The molecule has 10 heteroatoms. The Labute approximate surface area is 178 Å². The summed E-state index contributed by atoms with van der Waals surface area (Å²) in [6.45, 7) is 1.27. The van der Waals surface area contributed by atoms with E-state index < -0.39 is 0 Å². The van der Waals surface area contributed by atoms with Crippen LogP contribution in [0.15, 0.2) is 35.4 Å². The number of ether oxygens (including phenoxy) is 1. The molecule has 31 heavy (non-hydrogen) atoms. The first-order valence-electron chi connectivity index (χ1n) is 10.6. The number of fused-ring (bicyclic) bond motifs is 1. The van der Waals surface area contributed by atoms with Gasteiger partial charge >= 0.3 is 0 Å². The van der Waals surface area contributed by atoms with Crippen LogP contribution in [0.2, 0.25) is 0 Å². The highest BCUT2D eigenvalue weighted by molar-refractivity contribution is 6.00. The summed E-state index contributed by atoms with van der Waals surface area (Å²) in [6, 6.07) is 5.58. The average Bonchev–Trinajstić information content (AvgIpc) is 3.50. The molecule has 1 aliphatic heterocycles. The Balaban J connectivity index is 1.49. The molecule has 1 saturated heterocycles. The summed E-state index contributed by atoms with van der Waals surface area (Å²) in [4.78, 5) is 30.3. The third-order valence-corrected chi connectivity index (χ3v) is 5.65. The van der Waals surface area contributed by atoms with E-state index in [1.165, 1.54) is 6.20 Å². The topological polar surface area (TPSA) is 115 Å². The van der Waals surface area contributed by atoms with E-state index in [0.29, 0.717) is 35.1 Å². The molecule has 0 spiro atoms. The van der Waals surface area contributed by atoms with Gasteiger partial charge in [-0.15, -0.1) is 0 Å². The SMILES string of the molecule is CNc1cc(Nc2cccn([C@@H]3CCCOC3)c2=O)nc2c(C(=O)NC3CC3)cnn12. The number of nitrogens with one attached hydrogen (secondary N) is 3. The molecule has 10 nitrogen and oxygen atoms in total. The van der Waals surface area contributed by atoms with Crippen LogP contribution in [0.25, 0.3) is 5.65 Å². The highest BCUT2D eigenvalue weighted by atomic mass is 16.5. The van der Waals surface area contributed by atoms with Crippen LogP contribution in [0.4, 0.5) is 17.3 Å². The second-order valence-electron chi connectivity index (χ2n) is 7.95. The molecule has 3 N–H and O–H groups in total. The lowest BCUT2D eigenvalue weighted by Crippen LogP contribution is -2.31. The van der Waals surface area contributed by atoms with Crippen LogP contribution < -0.4 is 21.5 Å². The molecule has 2 fully saturated rings.